The number of para-hydroxylation sites is 2. The number of nitrogens with zero attached hydrogens (tertiary/aromatic N) is 2. The molecule has 2 N–H and O–H groups in total. The fourth-order valence-electron chi connectivity index (χ4n) is 3.45. The van der Waals surface area contributed by atoms with Crippen LogP contribution in [-0.2, 0) is 14.3 Å². The molecule has 2 heterocycles. The number of benzene rings is 2. The van der Waals surface area contributed by atoms with Crippen LogP contribution in [0.5, 0.6) is 0 Å². The van der Waals surface area contributed by atoms with Gasteiger partial charge in [0.15, 0.2) is 0 Å². The Morgan fingerprint density at radius 1 is 1.20 bits per heavy atom. The predicted molar refractivity (Wildman–Crippen MR) is 118 cm³/mol. The van der Waals surface area contributed by atoms with Crippen LogP contribution in [0.1, 0.15) is 11.4 Å². The van der Waals surface area contributed by atoms with Gasteiger partial charge in [-0.2, -0.15) is 0 Å². The Kier molecular flexibility index (Phi) is 6.41. The summed E-state index contributed by atoms with van der Waals surface area (Å²) >= 11 is 0. The lowest BCUT2D eigenvalue weighted by Crippen LogP contribution is -2.36. The molecular formula is C23H26N4O3. The molecule has 0 atom stereocenters. The van der Waals surface area contributed by atoms with Crippen molar-refractivity contribution in [2.24, 2.45) is 0 Å². The number of anilines is 1. The molecule has 7 heteroatoms. The Morgan fingerprint density at radius 2 is 1.97 bits per heavy atom. The molecular weight excluding hydrogens is 380 g/mol. The first-order valence-corrected chi connectivity index (χ1v) is 10.1. The Labute approximate surface area is 175 Å². The average molecular weight is 406 g/mol. The Balaban J connectivity index is 1.62. The molecule has 2 aromatic carbocycles. The molecule has 0 saturated carbocycles. The van der Waals surface area contributed by atoms with Crippen molar-refractivity contribution in [1.29, 1.82) is 0 Å². The Morgan fingerprint density at radius 3 is 2.70 bits per heavy atom. The van der Waals surface area contributed by atoms with Crippen molar-refractivity contribution in [3.63, 3.8) is 0 Å². The summed E-state index contributed by atoms with van der Waals surface area (Å²) in [6.07, 6.45) is 1.86. The SMILES string of the molecule is COCCNC(=O)/C(=C/c1ccc(N2CCOCC2)cc1)c1nc2ccccc2[nH]1. The molecule has 1 fully saturated rings. The van der Waals surface area contributed by atoms with Gasteiger partial charge in [-0.15, -0.1) is 0 Å². The standard InChI is InChI=1S/C23H26N4O3/c1-29-13-10-24-23(28)19(22-25-20-4-2-3-5-21(20)26-22)16-17-6-8-18(9-7-17)27-11-14-30-15-12-27/h2-9,16H,10-15H2,1H3,(H,24,28)(H,25,26)/b19-16+. The van der Waals surface area contributed by atoms with Gasteiger partial charge in [0.2, 0.25) is 0 Å². The predicted octanol–water partition coefficient (Wildman–Crippen LogP) is 2.70. The van der Waals surface area contributed by atoms with Crippen LogP contribution in [0.3, 0.4) is 0 Å². The fraction of sp³-hybridized carbons (Fsp3) is 0.304. The third-order valence-electron chi connectivity index (χ3n) is 5.06. The maximum Gasteiger partial charge on any atom is 0.255 e. The van der Waals surface area contributed by atoms with Crippen LogP contribution in [0.2, 0.25) is 0 Å². The number of hydrogen-bond donors (Lipinski definition) is 2. The minimum Gasteiger partial charge on any atom is -0.383 e. The van der Waals surface area contributed by atoms with Crippen molar-refractivity contribution in [2.45, 2.75) is 0 Å². The first-order chi connectivity index (χ1) is 14.7. The molecule has 3 aromatic rings. The van der Waals surface area contributed by atoms with E-state index in [1.165, 1.54) is 0 Å². The number of fused-ring (bicyclic) bond motifs is 1. The first-order valence-electron chi connectivity index (χ1n) is 10.1. The largest absolute Gasteiger partial charge is 0.383 e. The number of carbonyl (C=O) groups excluding carboxylic acids is 1. The lowest BCUT2D eigenvalue weighted by atomic mass is 10.1. The molecule has 156 valence electrons. The van der Waals surface area contributed by atoms with Crippen molar-refractivity contribution in [3.05, 3.63) is 59.9 Å². The molecule has 0 radical (unpaired) electrons. The van der Waals surface area contributed by atoms with Crippen LogP contribution >= 0.6 is 0 Å². The smallest absolute Gasteiger partial charge is 0.255 e. The highest BCUT2D eigenvalue weighted by Crippen LogP contribution is 2.22. The van der Waals surface area contributed by atoms with Crippen LogP contribution in [0, 0.1) is 0 Å². The van der Waals surface area contributed by atoms with Crippen molar-refractivity contribution < 1.29 is 14.3 Å². The maximum absolute atomic E-state index is 12.9. The zero-order valence-corrected chi connectivity index (χ0v) is 17.1. The topological polar surface area (TPSA) is 79.5 Å². The molecule has 0 spiro atoms. The van der Waals surface area contributed by atoms with Crippen molar-refractivity contribution in [1.82, 2.24) is 15.3 Å². The molecule has 1 aromatic heterocycles. The van der Waals surface area contributed by atoms with E-state index in [1.807, 2.05) is 42.5 Å². The monoisotopic (exact) mass is 406 g/mol. The summed E-state index contributed by atoms with van der Waals surface area (Å²) in [7, 11) is 1.61. The highest BCUT2D eigenvalue weighted by atomic mass is 16.5. The van der Waals surface area contributed by atoms with E-state index in [4.69, 9.17) is 9.47 Å². The molecule has 0 aliphatic carbocycles. The second-order valence-corrected chi connectivity index (χ2v) is 7.10. The van der Waals surface area contributed by atoms with Crippen molar-refractivity contribution in [2.75, 3.05) is 51.5 Å². The molecule has 1 saturated heterocycles. The van der Waals surface area contributed by atoms with E-state index in [0.717, 1.165) is 48.6 Å². The summed E-state index contributed by atoms with van der Waals surface area (Å²) in [5, 5.41) is 2.90. The zero-order valence-electron chi connectivity index (χ0n) is 17.1. The quantitative estimate of drug-likeness (QED) is 0.466. The number of aromatic amines is 1. The van der Waals surface area contributed by atoms with Gasteiger partial charge in [-0.05, 0) is 35.9 Å². The number of aromatic nitrogens is 2. The van der Waals surface area contributed by atoms with Gasteiger partial charge in [-0.25, -0.2) is 4.98 Å². The van der Waals surface area contributed by atoms with Crippen LogP contribution in [0.4, 0.5) is 5.69 Å². The number of morpholine rings is 1. The van der Waals surface area contributed by atoms with E-state index in [0.29, 0.717) is 24.5 Å². The molecule has 30 heavy (non-hydrogen) atoms. The number of imidazole rings is 1. The molecule has 1 amide bonds. The number of carbonyl (C=O) groups is 1. The van der Waals surface area contributed by atoms with Crippen LogP contribution in [0.25, 0.3) is 22.7 Å². The van der Waals surface area contributed by atoms with E-state index in [9.17, 15) is 4.79 Å². The maximum atomic E-state index is 12.9. The Hall–Kier alpha value is -3.16. The zero-order chi connectivity index (χ0) is 20.8. The van der Waals surface area contributed by atoms with Crippen molar-refractivity contribution >= 4 is 34.3 Å². The molecule has 7 nitrogen and oxygen atoms in total. The number of amides is 1. The van der Waals surface area contributed by atoms with Gasteiger partial charge in [0.25, 0.3) is 5.91 Å². The van der Waals surface area contributed by atoms with E-state index >= 15 is 0 Å². The molecule has 0 unspecified atom stereocenters. The van der Waals surface area contributed by atoms with Gasteiger partial charge in [0.1, 0.15) is 5.82 Å². The average Bonchev–Trinajstić information content (AvgIpc) is 3.22. The third kappa shape index (κ3) is 4.69. The van der Waals surface area contributed by atoms with Gasteiger partial charge < -0.3 is 24.7 Å². The molecule has 0 bridgehead atoms. The van der Waals surface area contributed by atoms with Gasteiger partial charge in [0, 0.05) is 32.4 Å². The van der Waals surface area contributed by atoms with Crippen LogP contribution in [-0.4, -0.2) is 62.4 Å². The summed E-state index contributed by atoms with van der Waals surface area (Å²) in [4.78, 5) is 23.1. The van der Waals surface area contributed by atoms with Crippen LogP contribution in [0.15, 0.2) is 48.5 Å². The highest BCUT2D eigenvalue weighted by Gasteiger charge is 2.16. The number of methoxy groups -OCH3 is 1. The van der Waals surface area contributed by atoms with E-state index in [-0.39, 0.29) is 5.91 Å². The van der Waals surface area contributed by atoms with Gasteiger partial charge in [-0.3, -0.25) is 4.79 Å². The number of nitrogens with one attached hydrogen (secondary N) is 2. The second-order valence-electron chi connectivity index (χ2n) is 7.10. The number of ether oxygens (including phenoxy) is 2. The van der Waals surface area contributed by atoms with Crippen LogP contribution < -0.4 is 10.2 Å². The summed E-state index contributed by atoms with van der Waals surface area (Å²) in [6.45, 7) is 4.16. The minimum atomic E-state index is -0.191. The molecule has 1 aliphatic rings. The lowest BCUT2D eigenvalue weighted by molar-refractivity contribution is -0.115. The van der Waals surface area contributed by atoms with Gasteiger partial charge in [0.05, 0.1) is 36.4 Å². The Bertz CT molecular complexity index is 987. The fourth-order valence-corrected chi connectivity index (χ4v) is 3.45. The molecule has 1 aliphatic heterocycles. The lowest BCUT2D eigenvalue weighted by Gasteiger charge is -2.28. The number of H-pyrrole nitrogens is 1. The highest BCUT2D eigenvalue weighted by molar-refractivity contribution is 6.23. The van der Waals surface area contributed by atoms with E-state index < -0.39 is 0 Å². The molecule has 4 rings (SSSR count). The normalized spacial score (nSPS) is 14.8. The van der Waals surface area contributed by atoms with E-state index in [1.54, 1.807) is 7.11 Å². The summed E-state index contributed by atoms with van der Waals surface area (Å²) in [6, 6.07) is 15.9. The first kappa shape index (κ1) is 20.1. The summed E-state index contributed by atoms with van der Waals surface area (Å²) < 4.78 is 10.5. The summed E-state index contributed by atoms with van der Waals surface area (Å²) in [5.41, 5.74) is 4.30. The minimum absolute atomic E-state index is 0.191. The summed E-state index contributed by atoms with van der Waals surface area (Å²) in [5.74, 6) is 0.353. The second kappa shape index (κ2) is 9.56. The number of rotatable bonds is 7. The van der Waals surface area contributed by atoms with Gasteiger partial charge >= 0.3 is 0 Å². The van der Waals surface area contributed by atoms with E-state index in [2.05, 4.69) is 32.3 Å². The third-order valence-corrected chi connectivity index (χ3v) is 5.06. The van der Waals surface area contributed by atoms with Crippen molar-refractivity contribution in [3.8, 4) is 0 Å². The van der Waals surface area contributed by atoms with Gasteiger partial charge in [-0.1, -0.05) is 24.3 Å². The number of hydrogen-bond acceptors (Lipinski definition) is 5.